The third-order valence-corrected chi connectivity index (χ3v) is 3.13. The number of hydrazine groups is 1. The number of rotatable bonds is 4. The van der Waals surface area contributed by atoms with Gasteiger partial charge in [0.1, 0.15) is 0 Å². The van der Waals surface area contributed by atoms with Crippen LogP contribution in [0.5, 0.6) is 0 Å². The fourth-order valence-corrected chi connectivity index (χ4v) is 1.87. The van der Waals surface area contributed by atoms with Crippen molar-refractivity contribution in [1.82, 2.24) is 4.98 Å². The molecule has 4 nitrogen and oxygen atoms in total. The van der Waals surface area contributed by atoms with Gasteiger partial charge in [0.15, 0.2) is 0 Å². The SMILES string of the molecule is CC(C)c1ccc(/C(N)=C/N(N)c2cccnc2)cc1. The lowest BCUT2D eigenvalue weighted by atomic mass is 10.0. The molecule has 4 N–H and O–H groups in total. The normalized spacial score (nSPS) is 11.7. The summed E-state index contributed by atoms with van der Waals surface area (Å²) in [5.74, 6) is 6.46. The highest BCUT2D eigenvalue weighted by Crippen LogP contribution is 2.18. The van der Waals surface area contributed by atoms with Crippen molar-refractivity contribution in [1.29, 1.82) is 0 Å². The summed E-state index contributed by atoms with van der Waals surface area (Å²) < 4.78 is 0. The third kappa shape index (κ3) is 3.36. The minimum absolute atomic E-state index is 0.510. The molecule has 0 unspecified atom stereocenters. The largest absolute Gasteiger partial charge is 0.397 e. The number of aromatic nitrogens is 1. The molecule has 104 valence electrons. The quantitative estimate of drug-likeness (QED) is 0.661. The van der Waals surface area contributed by atoms with E-state index in [0.717, 1.165) is 11.3 Å². The van der Waals surface area contributed by atoms with Crippen molar-refractivity contribution in [2.75, 3.05) is 5.01 Å². The van der Waals surface area contributed by atoms with Crippen LogP contribution in [0.25, 0.3) is 5.70 Å². The molecular weight excluding hydrogens is 248 g/mol. The van der Waals surface area contributed by atoms with Crippen LogP contribution in [0, 0.1) is 0 Å². The molecule has 2 aromatic rings. The number of anilines is 1. The molecule has 2 rings (SSSR count). The lowest BCUT2D eigenvalue weighted by molar-refractivity contribution is 0.866. The second-order valence-corrected chi connectivity index (χ2v) is 4.98. The van der Waals surface area contributed by atoms with Crippen LogP contribution in [0.15, 0.2) is 55.0 Å². The van der Waals surface area contributed by atoms with Crippen molar-refractivity contribution in [3.8, 4) is 0 Å². The number of hydrogen-bond donors (Lipinski definition) is 2. The van der Waals surface area contributed by atoms with Crippen molar-refractivity contribution in [3.05, 3.63) is 66.1 Å². The molecule has 4 heteroatoms. The van der Waals surface area contributed by atoms with Crippen LogP contribution in [0.3, 0.4) is 0 Å². The highest BCUT2D eigenvalue weighted by atomic mass is 15.4. The zero-order valence-electron chi connectivity index (χ0n) is 11.8. The van der Waals surface area contributed by atoms with E-state index in [1.54, 1.807) is 18.6 Å². The molecule has 0 aliphatic heterocycles. The summed E-state index contributed by atoms with van der Waals surface area (Å²) in [4.78, 5) is 4.03. The second kappa shape index (κ2) is 6.21. The summed E-state index contributed by atoms with van der Waals surface area (Å²) in [6.07, 6.45) is 5.09. The molecule has 0 aliphatic rings. The lowest BCUT2D eigenvalue weighted by Gasteiger charge is -2.15. The van der Waals surface area contributed by atoms with E-state index >= 15 is 0 Å². The molecule has 1 aromatic carbocycles. The third-order valence-electron chi connectivity index (χ3n) is 3.13. The zero-order valence-corrected chi connectivity index (χ0v) is 11.8. The molecule has 0 radical (unpaired) electrons. The standard InChI is InChI=1S/C16H20N4/c1-12(2)13-5-7-14(8-6-13)16(17)11-20(18)15-4-3-9-19-10-15/h3-12H,17-18H2,1-2H3/b16-11-. The first-order valence-electron chi connectivity index (χ1n) is 6.59. The summed E-state index contributed by atoms with van der Waals surface area (Å²) in [6, 6.07) is 11.9. The molecule has 0 saturated heterocycles. The van der Waals surface area contributed by atoms with Crippen LogP contribution in [-0.4, -0.2) is 4.98 Å². The van der Waals surface area contributed by atoms with E-state index in [1.165, 1.54) is 10.6 Å². The number of pyridine rings is 1. The Morgan fingerprint density at radius 2 is 1.90 bits per heavy atom. The van der Waals surface area contributed by atoms with E-state index in [4.69, 9.17) is 11.6 Å². The van der Waals surface area contributed by atoms with Crippen molar-refractivity contribution in [3.63, 3.8) is 0 Å². The molecule has 0 fully saturated rings. The molecule has 0 spiro atoms. The summed E-state index contributed by atoms with van der Waals surface area (Å²) in [5, 5.41) is 1.47. The summed E-state index contributed by atoms with van der Waals surface area (Å²) in [7, 11) is 0. The number of benzene rings is 1. The molecule has 0 atom stereocenters. The monoisotopic (exact) mass is 268 g/mol. The van der Waals surface area contributed by atoms with Gasteiger partial charge in [-0.05, 0) is 29.2 Å². The Hall–Kier alpha value is -2.33. The number of nitrogens with zero attached hydrogens (tertiary/aromatic N) is 2. The predicted octanol–water partition coefficient (Wildman–Crippen LogP) is 2.84. The van der Waals surface area contributed by atoms with Crippen LogP contribution in [-0.2, 0) is 0 Å². The smallest absolute Gasteiger partial charge is 0.0752 e. The molecule has 0 bridgehead atoms. The molecule has 0 aliphatic carbocycles. The number of hydrogen-bond acceptors (Lipinski definition) is 4. The average Bonchev–Trinajstić information content (AvgIpc) is 2.48. The first kappa shape index (κ1) is 14.1. The van der Waals surface area contributed by atoms with Gasteiger partial charge in [0, 0.05) is 12.4 Å². The van der Waals surface area contributed by atoms with Gasteiger partial charge in [-0.15, -0.1) is 0 Å². The van der Waals surface area contributed by atoms with E-state index in [0.29, 0.717) is 11.6 Å². The maximum absolute atomic E-state index is 6.08. The van der Waals surface area contributed by atoms with Crippen LogP contribution < -0.4 is 16.6 Å². The topological polar surface area (TPSA) is 68.2 Å². The number of nitrogens with two attached hydrogens (primary N) is 2. The first-order valence-corrected chi connectivity index (χ1v) is 6.59. The van der Waals surface area contributed by atoms with Gasteiger partial charge in [0.25, 0.3) is 0 Å². The molecule has 1 heterocycles. The Morgan fingerprint density at radius 1 is 1.20 bits per heavy atom. The zero-order chi connectivity index (χ0) is 14.5. The maximum atomic E-state index is 6.08. The Kier molecular flexibility index (Phi) is 4.38. The van der Waals surface area contributed by atoms with E-state index in [9.17, 15) is 0 Å². The van der Waals surface area contributed by atoms with Gasteiger partial charge in [0.05, 0.1) is 17.6 Å². The van der Waals surface area contributed by atoms with Gasteiger partial charge in [-0.1, -0.05) is 38.1 Å². The van der Waals surface area contributed by atoms with Gasteiger partial charge in [-0.2, -0.15) is 0 Å². The van der Waals surface area contributed by atoms with Crippen LogP contribution in [0.1, 0.15) is 30.9 Å². The predicted molar refractivity (Wildman–Crippen MR) is 83.6 cm³/mol. The summed E-state index contributed by atoms with van der Waals surface area (Å²) >= 11 is 0. The highest BCUT2D eigenvalue weighted by Gasteiger charge is 2.03. The lowest BCUT2D eigenvalue weighted by Crippen LogP contribution is -2.25. The van der Waals surface area contributed by atoms with Gasteiger partial charge in [0.2, 0.25) is 0 Å². The summed E-state index contributed by atoms with van der Waals surface area (Å²) in [6.45, 7) is 4.33. The van der Waals surface area contributed by atoms with Crippen molar-refractivity contribution >= 4 is 11.4 Å². The van der Waals surface area contributed by atoms with Crippen LogP contribution in [0.4, 0.5) is 5.69 Å². The molecule has 0 saturated carbocycles. The fourth-order valence-electron chi connectivity index (χ4n) is 1.87. The Balaban J connectivity index is 2.18. The van der Waals surface area contributed by atoms with E-state index in [-0.39, 0.29) is 0 Å². The van der Waals surface area contributed by atoms with E-state index < -0.39 is 0 Å². The average molecular weight is 268 g/mol. The van der Waals surface area contributed by atoms with Crippen LogP contribution in [0.2, 0.25) is 0 Å². The van der Waals surface area contributed by atoms with Gasteiger partial charge in [-0.3, -0.25) is 9.99 Å². The molecule has 20 heavy (non-hydrogen) atoms. The van der Waals surface area contributed by atoms with Crippen molar-refractivity contribution < 1.29 is 0 Å². The summed E-state index contributed by atoms with van der Waals surface area (Å²) in [5.41, 5.74) is 9.72. The first-order chi connectivity index (χ1) is 9.58. The molecular formula is C16H20N4. The van der Waals surface area contributed by atoms with Gasteiger partial charge >= 0.3 is 0 Å². The van der Waals surface area contributed by atoms with E-state index in [1.807, 2.05) is 24.3 Å². The Bertz CT molecular complexity index is 573. The second-order valence-electron chi connectivity index (χ2n) is 4.98. The molecule has 1 aromatic heterocycles. The minimum atomic E-state index is 0.510. The van der Waals surface area contributed by atoms with Crippen molar-refractivity contribution in [2.24, 2.45) is 11.6 Å². The Morgan fingerprint density at radius 3 is 2.45 bits per heavy atom. The van der Waals surface area contributed by atoms with Crippen molar-refractivity contribution in [2.45, 2.75) is 19.8 Å². The van der Waals surface area contributed by atoms with Crippen LogP contribution >= 0.6 is 0 Å². The highest BCUT2D eigenvalue weighted by molar-refractivity contribution is 5.66. The fraction of sp³-hybridized carbons (Fsp3) is 0.188. The molecule has 0 amide bonds. The maximum Gasteiger partial charge on any atom is 0.0752 e. The van der Waals surface area contributed by atoms with Gasteiger partial charge in [-0.25, -0.2) is 5.84 Å². The minimum Gasteiger partial charge on any atom is -0.397 e. The Labute approximate surface area is 119 Å². The van der Waals surface area contributed by atoms with E-state index in [2.05, 4.69) is 31.0 Å². The van der Waals surface area contributed by atoms with Gasteiger partial charge < -0.3 is 5.73 Å².